The molecule has 5 heteroatoms. The molecule has 1 heterocycles. The van der Waals surface area contributed by atoms with Gasteiger partial charge in [0, 0.05) is 41.7 Å². The fourth-order valence-corrected chi connectivity index (χ4v) is 1.74. The Balaban J connectivity index is 2.36. The number of benzene rings is 1. The molecule has 0 spiro atoms. The molecule has 0 aliphatic carbocycles. The van der Waals surface area contributed by atoms with Gasteiger partial charge < -0.3 is 19.3 Å². The highest BCUT2D eigenvalue weighted by Gasteiger charge is 2.08. The predicted molar refractivity (Wildman–Crippen MR) is 74.5 cm³/mol. The summed E-state index contributed by atoms with van der Waals surface area (Å²) in [5.74, 6) is 2.41. The smallest absolute Gasteiger partial charge is 0.136 e. The number of aliphatic hydroxyl groups is 1. The minimum atomic E-state index is -0.135. The molecule has 0 atom stereocenters. The van der Waals surface area contributed by atoms with Crippen molar-refractivity contribution in [1.29, 1.82) is 0 Å². The molecule has 1 aromatic heterocycles. The van der Waals surface area contributed by atoms with Gasteiger partial charge in [0.25, 0.3) is 0 Å². The summed E-state index contributed by atoms with van der Waals surface area (Å²) in [6, 6.07) is 7.04. The van der Waals surface area contributed by atoms with Crippen molar-refractivity contribution in [3.8, 4) is 23.0 Å². The number of rotatable bonds is 5. The summed E-state index contributed by atoms with van der Waals surface area (Å²) >= 11 is 0. The van der Waals surface area contributed by atoms with Crippen molar-refractivity contribution in [2.75, 3.05) is 14.2 Å². The summed E-state index contributed by atoms with van der Waals surface area (Å²) in [5.41, 5.74) is 1.43. The first-order valence-corrected chi connectivity index (χ1v) is 6.13. The minimum absolute atomic E-state index is 0.135. The van der Waals surface area contributed by atoms with E-state index >= 15 is 0 Å². The van der Waals surface area contributed by atoms with Gasteiger partial charge in [0.15, 0.2) is 0 Å². The molecule has 0 aliphatic heterocycles. The van der Waals surface area contributed by atoms with Crippen molar-refractivity contribution >= 4 is 0 Å². The first-order valence-electron chi connectivity index (χ1n) is 6.13. The van der Waals surface area contributed by atoms with E-state index in [0.29, 0.717) is 28.6 Å². The van der Waals surface area contributed by atoms with Crippen LogP contribution in [0.25, 0.3) is 0 Å². The third kappa shape index (κ3) is 3.19. The first kappa shape index (κ1) is 14.1. The standard InChI is InChI=1S/C15H17NO4/c1-10-4-15(11(9-17)8-16-10)20-14-6-12(18-2)5-13(7-14)19-3/h4-8,17H,9H2,1-3H3. The highest BCUT2D eigenvalue weighted by molar-refractivity contribution is 5.45. The number of aromatic nitrogens is 1. The van der Waals surface area contributed by atoms with Crippen LogP contribution in [0.1, 0.15) is 11.3 Å². The van der Waals surface area contributed by atoms with E-state index in [1.165, 1.54) is 0 Å². The van der Waals surface area contributed by atoms with Crippen LogP contribution in [0.4, 0.5) is 0 Å². The van der Waals surface area contributed by atoms with Gasteiger partial charge in [-0.3, -0.25) is 4.98 Å². The van der Waals surface area contributed by atoms with Crippen molar-refractivity contribution in [1.82, 2.24) is 4.98 Å². The average Bonchev–Trinajstić information content (AvgIpc) is 2.47. The minimum Gasteiger partial charge on any atom is -0.496 e. The molecule has 0 fully saturated rings. The molecule has 0 bridgehead atoms. The molecule has 2 aromatic rings. The first-order chi connectivity index (χ1) is 9.66. The van der Waals surface area contributed by atoms with Crippen LogP contribution in [0.15, 0.2) is 30.5 Å². The monoisotopic (exact) mass is 275 g/mol. The van der Waals surface area contributed by atoms with Gasteiger partial charge in [0.1, 0.15) is 23.0 Å². The van der Waals surface area contributed by atoms with E-state index in [1.807, 2.05) is 6.92 Å². The summed E-state index contributed by atoms with van der Waals surface area (Å²) in [6.07, 6.45) is 1.60. The van der Waals surface area contributed by atoms with Crippen molar-refractivity contribution in [2.45, 2.75) is 13.5 Å². The molecule has 5 nitrogen and oxygen atoms in total. The quantitative estimate of drug-likeness (QED) is 0.909. The maximum atomic E-state index is 9.32. The SMILES string of the molecule is COc1cc(OC)cc(Oc2cc(C)ncc2CO)c1. The lowest BCUT2D eigenvalue weighted by molar-refractivity contribution is 0.275. The summed E-state index contributed by atoms with van der Waals surface area (Å²) in [5, 5.41) is 9.32. The number of hydrogen-bond acceptors (Lipinski definition) is 5. The number of aliphatic hydroxyl groups excluding tert-OH is 1. The molecule has 0 saturated heterocycles. The average molecular weight is 275 g/mol. The van der Waals surface area contributed by atoms with E-state index in [2.05, 4.69) is 4.98 Å². The fourth-order valence-electron chi connectivity index (χ4n) is 1.74. The topological polar surface area (TPSA) is 60.8 Å². The lowest BCUT2D eigenvalue weighted by Crippen LogP contribution is -1.96. The van der Waals surface area contributed by atoms with Crippen LogP contribution < -0.4 is 14.2 Å². The Bertz CT molecular complexity index is 576. The summed E-state index contributed by atoms with van der Waals surface area (Å²) in [4.78, 5) is 4.13. The zero-order valence-electron chi connectivity index (χ0n) is 11.7. The molecule has 2 rings (SSSR count). The number of ether oxygens (including phenoxy) is 3. The highest BCUT2D eigenvalue weighted by atomic mass is 16.5. The number of methoxy groups -OCH3 is 2. The van der Waals surface area contributed by atoms with Gasteiger partial charge in [-0.2, -0.15) is 0 Å². The van der Waals surface area contributed by atoms with Crippen LogP contribution in [0.2, 0.25) is 0 Å². The Morgan fingerprint density at radius 3 is 2.15 bits per heavy atom. The third-order valence-electron chi connectivity index (χ3n) is 2.80. The predicted octanol–water partition coefficient (Wildman–Crippen LogP) is 2.69. The van der Waals surface area contributed by atoms with Crippen LogP contribution in [-0.4, -0.2) is 24.3 Å². The molecule has 0 aliphatic rings. The Hall–Kier alpha value is -2.27. The van der Waals surface area contributed by atoms with E-state index in [0.717, 1.165) is 5.69 Å². The van der Waals surface area contributed by atoms with Gasteiger partial charge in [-0.15, -0.1) is 0 Å². The largest absolute Gasteiger partial charge is 0.496 e. The Labute approximate surface area is 117 Å². The van der Waals surface area contributed by atoms with Crippen LogP contribution in [0, 0.1) is 6.92 Å². The van der Waals surface area contributed by atoms with Crippen molar-refractivity contribution < 1.29 is 19.3 Å². The second-order valence-corrected chi connectivity index (χ2v) is 4.24. The van der Waals surface area contributed by atoms with Gasteiger partial charge in [-0.25, -0.2) is 0 Å². The lowest BCUT2D eigenvalue weighted by Gasteiger charge is -2.12. The molecule has 1 aromatic carbocycles. The summed E-state index contributed by atoms with van der Waals surface area (Å²) in [6.45, 7) is 1.73. The maximum absolute atomic E-state index is 9.32. The second-order valence-electron chi connectivity index (χ2n) is 4.24. The second kappa shape index (κ2) is 6.25. The number of pyridine rings is 1. The third-order valence-corrected chi connectivity index (χ3v) is 2.80. The molecule has 0 radical (unpaired) electrons. The number of hydrogen-bond donors (Lipinski definition) is 1. The van der Waals surface area contributed by atoms with Crippen LogP contribution >= 0.6 is 0 Å². The molecule has 20 heavy (non-hydrogen) atoms. The molecular formula is C15H17NO4. The highest BCUT2D eigenvalue weighted by Crippen LogP contribution is 2.32. The van der Waals surface area contributed by atoms with Gasteiger partial charge in [-0.05, 0) is 6.92 Å². The Morgan fingerprint density at radius 1 is 1.00 bits per heavy atom. The number of aryl methyl sites for hydroxylation is 1. The number of nitrogens with zero attached hydrogens (tertiary/aromatic N) is 1. The summed E-state index contributed by atoms with van der Waals surface area (Å²) in [7, 11) is 3.16. The van der Waals surface area contributed by atoms with Crippen LogP contribution in [-0.2, 0) is 6.61 Å². The van der Waals surface area contributed by atoms with Crippen molar-refractivity contribution in [3.63, 3.8) is 0 Å². The van der Waals surface area contributed by atoms with E-state index in [1.54, 1.807) is 44.7 Å². The molecule has 0 saturated carbocycles. The van der Waals surface area contributed by atoms with Crippen molar-refractivity contribution in [2.24, 2.45) is 0 Å². The Morgan fingerprint density at radius 2 is 1.60 bits per heavy atom. The molecule has 106 valence electrons. The maximum Gasteiger partial charge on any atom is 0.136 e. The zero-order valence-corrected chi connectivity index (χ0v) is 11.7. The zero-order chi connectivity index (χ0) is 14.5. The van der Waals surface area contributed by atoms with Gasteiger partial charge in [0.2, 0.25) is 0 Å². The van der Waals surface area contributed by atoms with E-state index in [9.17, 15) is 5.11 Å². The van der Waals surface area contributed by atoms with Gasteiger partial charge in [-0.1, -0.05) is 0 Å². The van der Waals surface area contributed by atoms with E-state index in [4.69, 9.17) is 14.2 Å². The molecule has 0 amide bonds. The van der Waals surface area contributed by atoms with E-state index < -0.39 is 0 Å². The molecule has 1 N–H and O–H groups in total. The van der Waals surface area contributed by atoms with Gasteiger partial charge in [0.05, 0.1) is 20.8 Å². The lowest BCUT2D eigenvalue weighted by atomic mass is 10.2. The Kier molecular flexibility index (Phi) is 4.42. The summed E-state index contributed by atoms with van der Waals surface area (Å²) < 4.78 is 16.2. The normalized spacial score (nSPS) is 10.2. The van der Waals surface area contributed by atoms with Gasteiger partial charge >= 0.3 is 0 Å². The van der Waals surface area contributed by atoms with E-state index in [-0.39, 0.29) is 6.61 Å². The molecular weight excluding hydrogens is 258 g/mol. The van der Waals surface area contributed by atoms with Crippen LogP contribution in [0.3, 0.4) is 0 Å². The molecule has 0 unspecified atom stereocenters. The van der Waals surface area contributed by atoms with Crippen molar-refractivity contribution in [3.05, 3.63) is 41.7 Å². The fraction of sp³-hybridized carbons (Fsp3) is 0.267. The van der Waals surface area contributed by atoms with Crippen LogP contribution in [0.5, 0.6) is 23.0 Å².